The molecule has 0 atom stereocenters. The summed E-state index contributed by atoms with van der Waals surface area (Å²) >= 11 is 0. The molecule has 0 fully saturated rings. The van der Waals surface area contributed by atoms with Crippen LogP contribution in [0.3, 0.4) is 0 Å². The van der Waals surface area contributed by atoms with Gasteiger partial charge in [0.1, 0.15) is 17.9 Å². The van der Waals surface area contributed by atoms with E-state index in [1.54, 1.807) is 13.2 Å². The number of hydrogen-bond donors (Lipinski definition) is 1. The predicted octanol–water partition coefficient (Wildman–Crippen LogP) is 3.55. The number of aromatic hydroxyl groups is 1. The van der Waals surface area contributed by atoms with Crippen molar-refractivity contribution in [1.29, 1.82) is 0 Å². The Hall–Kier alpha value is -2.38. The predicted molar refractivity (Wildman–Crippen MR) is 116 cm³/mol. The van der Waals surface area contributed by atoms with E-state index in [0.717, 1.165) is 36.9 Å². The van der Waals surface area contributed by atoms with Gasteiger partial charge in [-0.15, -0.1) is 0 Å². The van der Waals surface area contributed by atoms with Crippen molar-refractivity contribution in [1.82, 2.24) is 4.90 Å². The lowest BCUT2D eigenvalue weighted by atomic mass is 9.98. The summed E-state index contributed by atoms with van der Waals surface area (Å²) < 4.78 is 15.5. The average Bonchev–Trinajstić information content (AvgIpc) is 2.69. The second-order valence-electron chi connectivity index (χ2n) is 7.48. The van der Waals surface area contributed by atoms with Crippen molar-refractivity contribution in [2.75, 3.05) is 33.4 Å². The van der Waals surface area contributed by atoms with Gasteiger partial charge in [-0.05, 0) is 56.5 Å². The van der Waals surface area contributed by atoms with Crippen molar-refractivity contribution < 1.29 is 23.8 Å². The molecule has 1 N–H and O–H groups in total. The van der Waals surface area contributed by atoms with E-state index in [-0.39, 0.29) is 24.7 Å². The summed E-state index contributed by atoms with van der Waals surface area (Å²) in [6.45, 7) is 8.84. The normalized spacial score (nSPS) is 11.4. The Bertz CT molecular complexity index is 899. The summed E-state index contributed by atoms with van der Waals surface area (Å²) in [5.41, 5.74) is 2.00. The van der Waals surface area contributed by atoms with Crippen LogP contribution in [-0.4, -0.2) is 49.4 Å². The third kappa shape index (κ3) is 6.31. The molecular formula is C23H33NO6. The van der Waals surface area contributed by atoms with Gasteiger partial charge in [-0.3, -0.25) is 9.69 Å². The molecule has 2 rings (SSSR count). The molecule has 7 heteroatoms. The number of ether oxygens (including phenoxy) is 2. The Morgan fingerprint density at radius 2 is 1.87 bits per heavy atom. The van der Waals surface area contributed by atoms with Crippen molar-refractivity contribution in [3.05, 3.63) is 39.2 Å². The first-order valence-electron chi connectivity index (χ1n) is 10.6. The summed E-state index contributed by atoms with van der Waals surface area (Å²) in [7, 11) is 1.55. The Morgan fingerprint density at radius 3 is 2.50 bits per heavy atom. The van der Waals surface area contributed by atoms with E-state index < -0.39 is 5.63 Å². The number of esters is 1. The molecule has 0 saturated heterocycles. The van der Waals surface area contributed by atoms with Crippen molar-refractivity contribution in [2.24, 2.45) is 0 Å². The van der Waals surface area contributed by atoms with E-state index >= 15 is 0 Å². The fraction of sp³-hybridized carbons (Fsp3) is 0.565. The number of aryl methyl sites for hydroxylation is 2. The van der Waals surface area contributed by atoms with Crippen LogP contribution in [0.25, 0.3) is 11.0 Å². The van der Waals surface area contributed by atoms with Crippen molar-refractivity contribution in [2.45, 2.75) is 53.0 Å². The second kappa shape index (κ2) is 11.7. The van der Waals surface area contributed by atoms with Crippen LogP contribution in [0.2, 0.25) is 0 Å². The molecule has 7 nitrogen and oxygen atoms in total. The number of carbonyl (C=O) groups is 1. The molecule has 0 bridgehead atoms. The minimum Gasteiger partial charge on any atom is -0.507 e. The van der Waals surface area contributed by atoms with Gasteiger partial charge >= 0.3 is 11.6 Å². The SMILES string of the molecule is CCCN(CCC)Cc1c(O)c(CCC(=O)OCCOC)cc2c(C)cc(=O)oc12. The van der Waals surface area contributed by atoms with E-state index in [0.29, 0.717) is 36.3 Å². The number of rotatable bonds is 12. The van der Waals surface area contributed by atoms with Gasteiger partial charge in [0.2, 0.25) is 0 Å². The molecule has 30 heavy (non-hydrogen) atoms. The van der Waals surface area contributed by atoms with E-state index in [4.69, 9.17) is 13.9 Å². The Morgan fingerprint density at radius 1 is 1.17 bits per heavy atom. The van der Waals surface area contributed by atoms with Gasteiger partial charge in [-0.1, -0.05) is 13.8 Å². The van der Waals surface area contributed by atoms with E-state index in [9.17, 15) is 14.7 Å². The quantitative estimate of drug-likeness (QED) is 0.320. The maximum atomic E-state index is 12.0. The van der Waals surface area contributed by atoms with Gasteiger partial charge in [-0.25, -0.2) is 4.79 Å². The molecule has 0 radical (unpaired) electrons. The topological polar surface area (TPSA) is 89.2 Å². The molecule has 0 spiro atoms. The third-order valence-electron chi connectivity index (χ3n) is 5.00. The fourth-order valence-electron chi connectivity index (χ4n) is 3.58. The van der Waals surface area contributed by atoms with Crippen LogP contribution in [0.15, 0.2) is 21.3 Å². The molecule has 1 aromatic heterocycles. The van der Waals surface area contributed by atoms with Crippen LogP contribution in [0, 0.1) is 6.92 Å². The van der Waals surface area contributed by atoms with E-state index in [1.807, 2.05) is 6.92 Å². The highest BCUT2D eigenvalue weighted by atomic mass is 16.6. The zero-order valence-corrected chi connectivity index (χ0v) is 18.5. The van der Waals surface area contributed by atoms with Crippen LogP contribution in [0.4, 0.5) is 0 Å². The molecule has 166 valence electrons. The van der Waals surface area contributed by atoms with Crippen LogP contribution >= 0.6 is 0 Å². The lowest BCUT2D eigenvalue weighted by molar-refractivity contribution is -0.144. The Kier molecular flexibility index (Phi) is 9.33. The van der Waals surface area contributed by atoms with Crippen LogP contribution in [0.1, 0.15) is 49.8 Å². The summed E-state index contributed by atoms with van der Waals surface area (Å²) in [5, 5.41) is 11.8. The first-order valence-corrected chi connectivity index (χ1v) is 10.6. The molecule has 2 aromatic rings. The Balaban J connectivity index is 2.40. The zero-order chi connectivity index (χ0) is 22.1. The average molecular weight is 420 g/mol. The molecule has 0 aliphatic heterocycles. The number of benzene rings is 1. The number of phenols is 1. The fourth-order valence-corrected chi connectivity index (χ4v) is 3.58. The highest BCUT2D eigenvalue weighted by molar-refractivity contribution is 5.86. The molecule has 0 aliphatic carbocycles. The highest BCUT2D eigenvalue weighted by Gasteiger charge is 2.20. The number of hydrogen-bond acceptors (Lipinski definition) is 7. The van der Waals surface area contributed by atoms with Crippen LogP contribution in [0.5, 0.6) is 5.75 Å². The summed E-state index contributed by atoms with van der Waals surface area (Å²) in [6.07, 6.45) is 2.44. The minimum absolute atomic E-state index is 0.0816. The van der Waals surface area contributed by atoms with Crippen molar-refractivity contribution in [3.8, 4) is 5.75 Å². The monoisotopic (exact) mass is 419 g/mol. The summed E-state index contributed by atoms with van der Waals surface area (Å²) in [5.74, 6) is -0.263. The van der Waals surface area contributed by atoms with Gasteiger partial charge < -0.3 is 19.0 Å². The maximum absolute atomic E-state index is 12.0. The zero-order valence-electron chi connectivity index (χ0n) is 18.5. The lowest BCUT2D eigenvalue weighted by Gasteiger charge is -2.23. The number of methoxy groups -OCH3 is 1. The molecule has 0 unspecified atom stereocenters. The number of fused-ring (bicyclic) bond motifs is 1. The summed E-state index contributed by atoms with van der Waals surface area (Å²) in [4.78, 5) is 26.2. The molecular weight excluding hydrogens is 386 g/mol. The molecule has 1 heterocycles. The Labute approximate surface area is 177 Å². The van der Waals surface area contributed by atoms with Crippen LogP contribution in [-0.2, 0) is 27.2 Å². The number of phenolic OH excluding ortho intramolecular Hbond substituents is 1. The van der Waals surface area contributed by atoms with Gasteiger partial charge in [0.05, 0.1) is 12.2 Å². The first-order chi connectivity index (χ1) is 14.4. The van der Waals surface area contributed by atoms with Gasteiger partial charge in [-0.2, -0.15) is 0 Å². The van der Waals surface area contributed by atoms with Gasteiger partial charge in [0.25, 0.3) is 0 Å². The standard InChI is InChI=1S/C23H33NO6/c1-5-9-24(10-6-2)15-19-22(27)17(7-8-20(25)29-12-11-28-4)14-18-16(3)13-21(26)30-23(18)19/h13-14,27H,5-12,15H2,1-4H3. The summed E-state index contributed by atoms with van der Waals surface area (Å²) in [6, 6.07) is 3.25. The van der Waals surface area contributed by atoms with Gasteiger partial charge in [0.15, 0.2) is 0 Å². The van der Waals surface area contributed by atoms with Crippen molar-refractivity contribution >= 4 is 16.9 Å². The highest BCUT2D eigenvalue weighted by Crippen LogP contribution is 2.34. The molecule has 0 amide bonds. The van der Waals surface area contributed by atoms with E-state index in [1.165, 1.54) is 6.07 Å². The maximum Gasteiger partial charge on any atom is 0.336 e. The minimum atomic E-state index is -0.437. The lowest BCUT2D eigenvalue weighted by Crippen LogP contribution is -2.25. The van der Waals surface area contributed by atoms with Crippen LogP contribution < -0.4 is 5.63 Å². The largest absolute Gasteiger partial charge is 0.507 e. The molecule has 0 saturated carbocycles. The number of carbonyl (C=O) groups excluding carboxylic acids is 1. The third-order valence-corrected chi connectivity index (χ3v) is 5.00. The van der Waals surface area contributed by atoms with Gasteiger partial charge in [0, 0.05) is 31.5 Å². The second-order valence-corrected chi connectivity index (χ2v) is 7.48. The first kappa shape index (κ1) is 23.9. The molecule has 1 aromatic carbocycles. The van der Waals surface area contributed by atoms with E-state index in [2.05, 4.69) is 18.7 Å². The smallest absolute Gasteiger partial charge is 0.336 e. The number of nitrogens with zero attached hydrogens (tertiary/aromatic N) is 1. The van der Waals surface area contributed by atoms with Crippen molar-refractivity contribution in [3.63, 3.8) is 0 Å². The molecule has 0 aliphatic rings.